The van der Waals surface area contributed by atoms with E-state index in [0.717, 1.165) is 12.8 Å². The summed E-state index contributed by atoms with van der Waals surface area (Å²) in [5, 5.41) is 18.7. The van der Waals surface area contributed by atoms with Crippen molar-refractivity contribution in [1.29, 1.82) is 0 Å². The van der Waals surface area contributed by atoms with Crippen LogP contribution in [-0.4, -0.2) is 31.3 Å². The van der Waals surface area contributed by atoms with E-state index < -0.39 is 10.0 Å². The molecule has 0 aromatic heterocycles. The van der Waals surface area contributed by atoms with E-state index in [4.69, 9.17) is 5.73 Å². The molecule has 2 unspecified atom stereocenters. The summed E-state index contributed by atoms with van der Waals surface area (Å²) in [5.41, 5.74) is 5.51. The lowest BCUT2D eigenvalue weighted by atomic mass is 10.1. The Balaban J connectivity index is 2.03. The van der Waals surface area contributed by atoms with Crippen LogP contribution in [0.4, 0.5) is 5.69 Å². The summed E-state index contributed by atoms with van der Waals surface area (Å²) in [6.07, 6.45) is 1.85. The van der Waals surface area contributed by atoms with Gasteiger partial charge in [-0.3, -0.25) is 0 Å². The lowest BCUT2D eigenvalue weighted by molar-refractivity contribution is 0.178. The highest BCUT2D eigenvalue weighted by molar-refractivity contribution is 7.89. The fourth-order valence-corrected chi connectivity index (χ4v) is 3.40. The average Bonchev–Trinajstić information content (AvgIpc) is 2.76. The topological polar surface area (TPSA) is 113 Å². The highest BCUT2D eigenvalue weighted by Gasteiger charge is 2.24. The summed E-state index contributed by atoms with van der Waals surface area (Å²) in [6, 6.07) is 3.78. The maximum absolute atomic E-state index is 12.0. The third-order valence-corrected chi connectivity index (χ3v) is 4.81. The third-order valence-electron chi connectivity index (χ3n) is 3.38. The monoisotopic (exact) mass is 286 g/mol. The van der Waals surface area contributed by atoms with Gasteiger partial charge in [0.2, 0.25) is 10.0 Å². The summed E-state index contributed by atoms with van der Waals surface area (Å²) >= 11 is 0. The number of nitrogens with two attached hydrogens (primary N) is 1. The van der Waals surface area contributed by atoms with Crippen molar-refractivity contribution < 1.29 is 18.6 Å². The number of hydrogen-bond acceptors (Lipinski definition) is 5. The quantitative estimate of drug-likeness (QED) is 0.473. The number of phenolic OH excluding ortho intramolecular Hbond substituents is 1. The summed E-state index contributed by atoms with van der Waals surface area (Å²) in [6.45, 7) is 0.306. The van der Waals surface area contributed by atoms with Gasteiger partial charge in [-0.15, -0.1) is 0 Å². The first-order valence-corrected chi connectivity index (χ1v) is 7.63. The lowest BCUT2D eigenvalue weighted by Gasteiger charge is -2.12. The minimum absolute atomic E-state index is 0.0270. The van der Waals surface area contributed by atoms with Crippen molar-refractivity contribution in [1.82, 2.24) is 4.72 Å². The highest BCUT2D eigenvalue weighted by Crippen LogP contribution is 2.26. The molecule has 1 aliphatic carbocycles. The molecule has 0 saturated heterocycles. The minimum Gasteiger partial charge on any atom is -0.506 e. The van der Waals surface area contributed by atoms with E-state index in [1.807, 2.05) is 0 Å². The molecule has 0 heterocycles. The number of aliphatic hydroxyl groups is 1. The molecule has 2 atom stereocenters. The van der Waals surface area contributed by atoms with Gasteiger partial charge in [-0.25, -0.2) is 13.1 Å². The predicted molar refractivity (Wildman–Crippen MR) is 71.1 cm³/mol. The number of phenols is 1. The number of hydrogen-bond donors (Lipinski definition) is 4. The minimum atomic E-state index is -3.63. The van der Waals surface area contributed by atoms with Crippen molar-refractivity contribution in [3.63, 3.8) is 0 Å². The van der Waals surface area contributed by atoms with E-state index >= 15 is 0 Å². The van der Waals surface area contributed by atoms with Gasteiger partial charge in [-0.1, -0.05) is 0 Å². The van der Waals surface area contributed by atoms with Crippen LogP contribution < -0.4 is 10.5 Å². The molecule has 0 radical (unpaired) electrons. The molecule has 1 aromatic rings. The summed E-state index contributed by atoms with van der Waals surface area (Å²) < 4.78 is 26.6. The van der Waals surface area contributed by atoms with Crippen LogP contribution in [-0.2, 0) is 10.0 Å². The van der Waals surface area contributed by atoms with Crippen molar-refractivity contribution in [2.24, 2.45) is 5.92 Å². The van der Waals surface area contributed by atoms with Crippen LogP contribution in [0.5, 0.6) is 5.75 Å². The maximum atomic E-state index is 12.0. The van der Waals surface area contributed by atoms with Gasteiger partial charge in [0.1, 0.15) is 5.75 Å². The van der Waals surface area contributed by atoms with Crippen LogP contribution in [0, 0.1) is 5.92 Å². The molecular weight excluding hydrogens is 268 g/mol. The van der Waals surface area contributed by atoms with Crippen LogP contribution >= 0.6 is 0 Å². The zero-order chi connectivity index (χ0) is 14.0. The molecule has 0 spiro atoms. The van der Waals surface area contributed by atoms with Crippen molar-refractivity contribution in [2.75, 3.05) is 12.3 Å². The largest absolute Gasteiger partial charge is 0.506 e. The fraction of sp³-hybridized carbons (Fsp3) is 0.500. The molecule has 1 fully saturated rings. The van der Waals surface area contributed by atoms with Crippen LogP contribution in [0.2, 0.25) is 0 Å². The third kappa shape index (κ3) is 3.37. The number of benzene rings is 1. The van der Waals surface area contributed by atoms with Crippen molar-refractivity contribution in [2.45, 2.75) is 30.3 Å². The smallest absolute Gasteiger partial charge is 0.240 e. The number of rotatable bonds is 4. The zero-order valence-electron chi connectivity index (χ0n) is 10.4. The average molecular weight is 286 g/mol. The Morgan fingerprint density at radius 3 is 2.68 bits per heavy atom. The van der Waals surface area contributed by atoms with Crippen LogP contribution in [0.1, 0.15) is 19.3 Å². The molecule has 5 N–H and O–H groups in total. The second kappa shape index (κ2) is 5.36. The molecular formula is C12H18N2O4S. The van der Waals surface area contributed by atoms with Gasteiger partial charge < -0.3 is 15.9 Å². The Hall–Kier alpha value is -1.31. The van der Waals surface area contributed by atoms with Crippen molar-refractivity contribution in [3.8, 4) is 5.75 Å². The Kier molecular flexibility index (Phi) is 3.98. The first kappa shape index (κ1) is 14.1. The van der Waals surface area contributed by atoms with Gasteiger partial charge in [0.25, 0.3) is 0 Å². The Morgan fingerprint density at radius 1 is 1.37 bits per heavy atom. The van der Waals surface area contributed by atoms with Crippen LogP contribution in [0.3, 0.4) is 0 Å². The molecule has 7 heteroatoms. The van der Waals surface area contributed by atoms with E-state index in [1.54, 1.807) is 0 Å². The van der Waals surface area contributed by atoms with Crippen molar-refractivity contribution >= 4 is 15.7 Å². The molecule has 1 aliphatic rings. The molecule has 6 nitrogen and oxygen atoms in total. The summed E-state index contributed by atoms with van der Waals surface area (Å²) in [7, 11) is -3.63. The molecule has 1 aromatic carbocycles. The van der Waals surface area contributed by atoms with Gasteiger partial charge in [0.15, 0.2) is 0 Å². The molecule has 0 aliphatic heterocycles. The number of anilines is 1. The Labute approximate surface area is 112 Å². The molecule has 0 bridgehead atoms. The van der Waals surface area contributed by atoms with Gasteiger partial charge in [-0.05, 0) is 43.4 Å². The van der Waals surface area contributed by atoms with Crippen LogP contribution in [0.25, 0.3) is 0 Å². The van der Waals surface area contributed by atoms with Gasteiger partial charge in [0.05, 0.1) is 16.7 Å². The number of nitrogen functional groups attached to an aromatic ring is 1. The molecule has 2 rings (SSSR count). The van der Waals surface area contributed by atoms with Gasteiger partial charge in [-0.2, -0.15) is 0 Å². The van der Waals surface area contributed by atoms with E-state index in [0.29, 0.717) is 13.0 Å². The maximum Gasteiger partial charge on any atom is 0.240 e. The molecule has 19 heavy (non-hydrogen) atoms. The van der Waals surface area contributed by atoms with Crippen LogP contribution in [0.15, 0.2) is 23.1 Å². The molecule has 1 saturated carbocycles. The SMILES string of the molecule is Nc1cc(S(=O)(=O)NCC2CCC(O)C2)ccc1O. The van der Waals surface area contributed by atoms with E-state index in [2.05, 4.69) is 4.72 Å². The number of aromatic hydroxyl groups is 1. The van der Waals surface area contributed by atoms with Gasteiger partial charge >= 0.3 is 0 Å². The lowest BCUT2D eigenvalue weighted by Crippen LogP contribution is -2.28. The summed E-state index contributed by atoms with van der Waals surface area (Å²) in [4.78, 5) is 0.0290. The van der Waals surface area contributed by atoms with Crippen molar-refractivity contribution in [3.05, 3.63) is 18.2 Å². The molecule has 106 valence electrons. The number of aliphatic hydroxyl groups excluding tert-OH is 1. The second-order valence-corrected chi connectivity index (χ2v) is 6.67. The highest BCUT2D eigenvalue weighted by atomic mass is 32.2. The summed E-state index contributed by atoms with van der Waals surface area (Å²) in [5.74, 6) is 0.0251. The standard InChI is InChI=1S/C12H18N2O4S/c13-11-6-10(3-4-12(11)16)19(17,18)14-7-8-1-2-9(15)5-8/h3-4,6,8-9,14-16H,1-2,5,7,13H2. The number of sulfonamides is 1. The Morgan fingerprint density at radius 2 is 2.11 bits per heavy atom. The number of nitrogens with one attached hydrogen (secondary N) is 1. The first-order valence-electron chi connectivity index (χ1n) is 6.14. The second-order valence-electron chi connectivity index (χ2n) is 4.91. The van der Waals surface area contributed by atoms with Gasteiger partial charge in [0, 0.05) is 6.54 Å². The Bertz CT molecular complexity index is 559. The predicted octanol–water partition coefficient (Wildman–Crippen LogP) is 0.414. The zero-order valence-corrected chi connectivity index (χ0v) is 11.2. The normalized spacial score (nSPS) is 23.6. The van der Waals surface area contributed by atoms with E-state index in [1.165, 1.54) is 18.2 Å². The molecule has 0 amide bonds. The van der Waals surface area contributed by atoms with E-state index in [-0.39, 0.29) is 28.4 Å². The van der Waals surface area contributed by atoms with E-state index in [9.17, 15) is 18.6 Å². The fourth-order valence-electron chi connectivity index (χ4n) is 2.24. The first-order chi connectivity index (χ1) is 8.88.